The zero-order chi connectivity index (χ0) is 17.4. The first kappa shape index (κ1) is 17.6. The van der Waals surface area contributed by atoms with Crippen molar-refractivity contribution in [3.8, 4) is 5.75 Å². The molecule has 0 unspecified atom stereocenters. The molecule has 1 aromatic heterocycles. The SMILES string of the molecule is CCOC(=O)CCN(Cc1ccco1)C(=O)c1ccc(OC)cc1. The van der Waals surface area contributed by atoms with Crippen molar-refractivity contribution in [3.63, 3.8) is 0 Å². The number of hydrogen-bond donors (Lipinski definition) is 0. The molecule has 0 bridgehead atoms. The molecular formula is C18H21NO5. The summed E-state index contributed by atoms with van der Waals surface area (Å²) in [6.07, 6.45) is 1.69. The summed E-state index contributed by atoms with van der Waals surface area (Å²) in [5.74, 6) is 0.819. The van der Waals surface area contributed by atoms with Gasteiger partial charge in [0.05, 0.1) is 32.9 Å². The fourth-order valence-corrected chi connectivity index (χ4v) is 2.22. The van der Waals surface area contributed by atoms with E-state index >= 15 is 0 Å². The maximum absolute atomic E-state index is 12.7. The first-order chi connectivity index (χ1) is 11.6. The summed E-state index contributed by atoms with van der Waals surface area (Å²) in [4.78, 5) is 25.9. The molecular weight excluding hydrogens is 310 g/mol. The number of carbonyl (C=O) groups is 2. The van der Waals surface area contributed by atoms with Crippen molar-refractivity contribution in [2.45, 2.75) is 19.9 Å². The Hall–Kier alpha value is -2.76. The van der Waals surface area contributed by atoms with E-state index in [4.69, 9.17) is 13.9 Å². The number of hydrogen-bond acceptors (Lipinski definition) is 5. The molecule has 0 spiro atoms. The fourth-order valence-electron chi connectivity index (χ4n) is 2.22. The standard InChI is InChI=1S/C18H21NO5/c1-3-23-17(20)10-11-19(13-16-5-4-12-24-16)18(21)14-6-8-15(22-2)9-7-14/h4-9,12H,3,10-11,13H2,1-2H3. The molecule has 0 aliphatic rings. The van der Waals surface area contributed by atoms with Crippen LogP contribution in [0.15, 0.2) is 47.1 Å². The molecule has 0 fully saturated rings. The Kier molecular flexibility index (Phi) is 6.42. The van der Waals surface area contributed by atoms with Gasteiger partial charge in [-0.2, -0.15) is 0 Å². The van der Waals surface area contributed by atoms with Gasteiger partial charge in [-0.3, -0.25) is 9.59 Å². The lowest BCUT2D eigenvalue weighted by Crippen LogP contribution is -2.32. The third-order valence-corrected chi connectivity index (χ3v) is 3.44. The van der Waals surface area contributed by atoms with Gasteiger partial charge in [0, 0.05) is 12.1 Å². The molecule has 6 nitrogen and oxygen atoms in total. The molecule has 0 saturated carbocycles. The Morgan fingerprint density at radius 3 is 2.50 bits per heavy atom. The lowest BCUT2D eigenvalue weighted by atomic mass is 10.1. The summed E-state index contributed by atoms with van der Waals surface area (Å²) < 4.78 is 15.3. The van der Waals surface area contributed by atoms with Crippen LogP contribution in [0.2, 0.25) is 0 Å². The maximum Gasteiger partial charge on any atom is 0.307 e. The van der Waals surface area contributed by atoms with Crippen LogP contribution >= 0.6 is 0 Å². The molecule has 0 aliphatic carbocycles. The summed E-state index contributed by atoms with van der Waals surface area (Å²) in [7, 11) is 1.57. The minimum Gasteiger partial charge on any atom is -0.497 e. The number of rotatable bonds is 8. The van der Waals surface area contributed by atoms with E-state index in [1.807, 2.05) is 0 Å². The minimum absolute atomic E-state index is 0.135. The Balaban J connectivity index is 2.10. The van der Waals surface area contributed by atoms with Crippen molar-refractivity contribution in [2.24, 2.45) is 0 Å². The molecule has 0 radical (unpaired) electrons. The Bertz CT molecular complexity index is 649. The van der Waals surface area contributed by atoms with E-state index in [-0.39, 0.29) is 31.4 Å². The van der Waals surface area contributed by atoms with Gasteiger partial charge in [0.2, 0.25) is 0 Å². The van der Waals surface area contributed by atoms with Gasteiger partial charge in [-0.05, 0) is 43.3 Å². The average molecular weight is 331 g/mol. The van der Waals surface area contributed by atoms with Gasteiger partial charge in [0.15, 0.2) is 0 Å². The monoisotopic (exact) mass is 331 g/mol. The molecule has 2 aromatic rings. The van der Waals surface area contributed by atoms with E-state index < -0.39 is 0 Å². The second-order valence-corrected chi connectivity index (χ2v) is 5.09. The highest BCUT2D eigenvalue weighted by Crippen LogP contribution is 2.15. The molecule has 0 N–H and O–H groups in total. The van der Waals surface area contributed by atoms with Gasteiger partial charge in [-0.25, -0.2) is 0 Å². The lowest BCUT2D eigenvalue weighted by molar-refractivity contribution is -0.143. The number of furan rings is 1. The molecule has 2 rings (SSSR count). The summed E-state index contributed by atoms with van der Waals surface area (Å²) >= 11 is 0. The molecule has 1 amide bonds. The molecule has 6 heteroatoms. The predicted octanol–water partition coefficient (Wildman–Crippen LogP) is 2.88. The smallest absolute Gasteiger partial charge is 0.307 e. The van der Waals surface area contributed by atoms with Crippen LogP contribution in [0.4, 0.5) is 0 Å². The van der Waals surface area contributed by atoms with Crippen molar-refractivity contribution in [1.82, 2.24) is 4.90 Å². The van der Waals surface area contributed by atoms with Crippen LogP contribution in [0.1, 0.15) is 29.5 Å². The number of carbonyl (C=O) groups excluding carboxylic acids is 2. The van der Waals surface area contributed by atoms with Gasteiger partial charge in [0.1, 0.15) is 11.5 Å². The summed E-state index contributed by atoms with van der Waals surface area (Å²) in [5.41, 5.74) is 0.520. The number of amides is 1. The highest BCUT2D eigenvalue weighted by Gasteiger charge is 2.19. The van der Waals surface area contributed by atoms with E-state index in [2.05, 4.69) is 0 Å². The highest BCUT2D eigenvalue weighted by atomic mass is 16.5. The summed E-state index contributed by atoms with van der Waals surface area (Å²) in [6, 6.07) is 10.4. The predicted molar refractivity (Wildman–Crippen MR) is 87.7 cm³/mol. The van der Waals surface area contributed by atoms with Gasteiger partial charge in [0.25, 0.3) is 5.91 Å². The molecule has 128 valence electrons. The number of nitrogens with zero attached hydrogens (tertiary/aromatic N) is 1. The quantitative estimate of drug-likeness (QED) is 0.696. The molecule has 0 aliphatic heterocycles. The van der Waals surface area contributed by atoms with E-state index in [9.17, 15) is 9.59 Å². The van der Waals surface area contributed by atoms with Crippen LogP contribution in [-0.4, -0.2) is 37.0 Å². The number of benzene rings is 1. The van der Waals surface area contributed by atoms with Crippen molar-refractivity contribution < 1.29 is 23.5 Å². The normalized spacial score (nSPS) is 10.2. The van der Waals surface area contributed by atoms with E-state index in [1.54, 1.807) is 61.6 Å². The third kappa shape index (κ3) is 4.87. The maximum atomic E-state index is 12.7. The zero-order valence-electron chi connectivity index (χ0n) is 13.9. The van der Waals surface area contributed by atoms with Crippen LogP contribution in [0.3, 0.4) is 0 Å². The topological polar surface area (TPSA) is 69.0 Å². The second-order valence-electron chi connectivity index (χ2n) is 5.09. The highest BCUT2D eigenvalue weighted by molar-refractivity contribution is 5.94. The molecule has 24 heavy (non-hydrogen) atoms. The zero-order valence-corrected chi connectivity index (χ0v) is 13.9. The van der Waals surface area contributed by atoms with Crippen LogP contribution in [-0.2, 0) is 16.1 Å². The summed E-state index contributed by atoms with van der Waals surface area (Å²) in [5, 5.41) is 0. The Morgan fingerprint density at radius 2 is 1.92 bits per heavy atom. The second kappa shape index (κ2) is 8.76. The van der Waals surface area contributed by atoms with Crippen molar-refractivity contribution >= 4 is 11.9 Å². The fraction of sp³-hybridized carbons (Fsp3) is 0.333. The van der Waals surface area contributed by atoms with Gasteiger partial charge >= 0.3 is 5.97 Å². The minimum atomic E-state index is -0.329. The van der Waals surface area contributed by atoms with E-state index in [1.165, 1.54) is 0 Å². The lowest BCUT2D eigenvalue weighted by Gasteiger charge is -2.21. The van der Waals surface area contributed by atoms with Crippen LogP contribution in [0.25, 0.3) is 0 Å². The number of esters is 1. The van der Waals surface area contributed by atoms with Crippen molar-refractivity contribution in [2.75, 3.05) is 20.3 Å². The van der Waals surface area contributed by atoms with Gasteiger partial charge in [-0.1, -0.05) is 0 Å². The largest absolute Gasteiger partial charge is 0.497 e. The number of methoxy groups -OCH3 is 1. The van der Waals surface area contributed by atoms with Crippen molar-refractivity contribution in [3.05, 3.63) is 54.0 Å². The van der Waals surface area contributed by atoms with Crippen LogP contribution < -0.4 is 4.74 Å². The number of ether oxygens (including phenoxy) is 2. The van der Waals surface area contributed by atoms with E-state index in [0.29, 0.717) is 23.7 Å². The van der Waals surface area contributed by atoms with Crippen LogP contribution in [0.5, 0.6) is 5.75 Å². The Morgan fingerprint density at radius 1 is 1.17 bits per heavy atom. The Labute approximate surface area is 141 Å². The van der Waals surface area contributed by atoms with Gasteiger partial charge in [-0.15, -0.1) is 0 Å². The van der Waals surface area contributed by atoms with Crippen LogP contribution in [0, 0.1) is 0 Å². The summed E-state index contributed by atoms with van der Waals surface area (Å²) in [6.45, 7) is 2.62. The van der Waals surface area contributed by atoms with E-state index in [0.717, 1.165) is 0 Å². The molecule has 1 heterocycles. The molecule has 0 saturated heterocycles. The molecule has 0 atom stereocenters. The first-order valence-electron chi connectivity index (χ1n) is 7.75. The molecule has 1 aromatic carbocycles. The third-order valence-electron chi connectivity index (χ3n) is 3.44. The average Bonchev–Trinajstić information content (AvgIpc) is 3.11. The first-order valence-corrected chi connectivity index (χ1v) is 7.75. The van der Waals surface area contributed by atoms with Gasteiger partial charge < -0.3 is 18.8 Å². The van der Waals surface area contributed by atoms with Crippen molar-refractivity contribution in [1.29, 1.82) is 0 Å².